The highest BCUT2D eigenvalue weighted by Gasteiger charge is 2.08. The van der Waals surface area contributed by atoms with Crippen LogP contribution >= 0.6 is 11.3 Å². The van der Waals surface area contributed by atoms with Crippen molar-refractivity contribution in [2.75, 3.05) is 19.8 Å². The Kier molecular flexibility index (Phi) is 22.8. The molecule has 0 unspecified atom stereocenters. The Morgan fingerprint density at radius 3 is 1.87 bits per heavy atom. The molecule has 0 bridgehead atoms. The van der Waals surface area contributed by atoms with Crippen LogP contribution in [0.1, 0.15) is 129 Å². The number of amides is 1. The van der Waals surface area contributed by atoms with Gasteiger partial charge in [-0.15, -0.1) is 0 Å². The van der Waals surface area contributed by atoms with E-state index in [0.29, 0.717) is 18.5 Å². The number of rotatable bonds is 26. The third-order valence-electron chi connectivity index (χ3n) is 6.72. The second kappa shape index (κ2) is 25.4. The lowest BCUT2D eigenvalue weighted by Gasteiger charge is -2.09. The Balaban J connectivity index is 1.80. The molecule has 6 nitrogen and oxygen atoms in total. The largest absolute Gasteiger partial charge is 0.461 e. The Labute approximate surface area is 236 Å². The van der Waals surface area contributed by atoms with E-state index in [1.54, 1.807) is 11.3 Å². The van der Waals surface area contributed by atoms with Gasteiger partial charge in [-0.1, -0.05) is 121 Å². The van der Waals surface area contributed by atoms with Gasteiger partial charge in [-0.05, 0) is 18.4 Å². The van der Waals surface area contributed by atoms with Crippen molar-refractivity contribution in [3.05, 3.63) is 29.2 Å². The van der Waals surface area contributed by atoms with Gasteiger partial charge in [-0.3, -0.25) is 4.79 Å². The summed E-state index contributed by atoms with van der Waals surface area (Å²) in [6.45, 7) is 7.79. The molecule has 0 saturated heterocycles. The van der Waals surface area contributed by atoms with E-state index in [4.69, 9.17) is 9.47 Å². The minimum atomic E-state index is -0.440. The minimum Gasteiger partial charge on any atom is -0.461 e. The fraction of sp³-hybridized carbons (Fsp3) is 0.774. The number of hydrogen-bond donors (Lipinski definition) is 1. The number of ether oxygens (including phenoxy) is 2. The molecular weight excluding hydrogens is 496 g/mol. The SMILES string of the molecule is C=C(COC(=O)CCCC[n+]1ccsc1)COC(=O)NCCCCCCCCCCCCCCCCCC. The molecule has 1 aromatic heterocycles. The van der Waals surface area contributed by atoms with Gasteiger partial charge in [0.2, 0.25) is 5.51 Å². The van der Waals surface area contributed by atoms with Crippen LogP contribution < -0.4 is 9.88 Å². The molecule has 1 heterocycles. The summed E-state index contributed by atoms with van der Waals surface area (Å²) >= 11 is 1.66. The van der Waals surface area contributed by atoms with Crippen molar-refractivity contribution < 1.29 is 23.6 Å². The lowest BCUT2D eigenvalue weighted by Crippen LogP contribution is -2.29. The van der Waals surface area contributed by atoms with Crippen molar-refractivity contribution in [2.24, 2.45) is 0 Å². The third kappa shape index (κ3) is 22.1. The summed E-state index contributed by atoms with van der Waals surface area (Å²) in [4.78, 5) is 23.7. The van der Waals surface area contributed by atoms with Crippen molar-refractivity contribution in [1.29, 1.82) is 0 Å². The monoisotopic (exact) mass is 551 g/mol. The number of nitrogens with one attached hydrogen (secondary N) is 1. The topological polar surface area (TPSA) is 68.5 Å². The molecule has 1 aromatic rings. The van der Waals surface area contributed by atoms with Crippen LogP contribution in [0, 0.1) is 0 Å². The summed E-state index contributed by atoms with van der Waals surface area (Å²) in [7, 11) is 0. The maximum Gasteiger partial charge on any atom is 0.407 e. The fourth-order valence-corrected chi connectivity index (χ4v) is 4.96. The van der Waals surface area contributed by atoms with E-state index >= 15 is 0 Å². The van der Waals surface area contributed by atoms with Gasteiger partial charge >= 0.3 is 12.1 Å². The number of carbonyl (C=O) groups is 2. The first-order valence-corrected chi connectivity index (χ1v) is 16.2. The van der Waals surface area contributed by atoms with E-state index in [2.05, 4.69) is 28.9 Å². The molecule has 0 fully saturated rings. The molecule has 0 aliphatic carbocycles. The van der Waals surface area contributed by atoms with Crippen molar-refractivity contribution in [1.82, 2.24) is 5.32 Å². The number of aromatic nitrogens is 1. The molecule has 0 atom stereocenters. The molecule has 0 aliphatic rings. The number of unbranched alkanes of at least 4 members (excludes halogenated alkanes) is 16. The Bertz CT molecular complexity index is 709. The number of aryl methyl sites for hydroxylation is 1. The van der Waals surface area contributed by atoms with E-state index in [1.165, 1.54) is 89.9 Å². The summed E-state index contributed by atoms with van der Waals surface area (Å²) in [6.07, 6.45) is 25.0. The smallest absolute Gasteiger partial charge is 0.407 e. The van der Waals surface area contributed by atoms with E-state index < -0.39 is 6.09 Å². The molecule has 1 rings (SSSR count). The van der Waals surface area contributed by atoms with Gasteiger partial charge in [0.05, 0.1) is 5.38 Å². The van der Waals surface area contributed by atoms with Crippen LogP contribution in [0.5, 0.6) is 0 Å². The summed E-state index contributed by atoms with van der Waals surface area (Å²) < 4.78 is 12.5. The molecule has 1 amide bonds. The molecule has 38 heavy (non-hydrogen) atoms. The number of hydrogen-bond acceptors (Lipinski definition) is 5. The van der Waals surface area contributed by atoms with Gasteiger partial charge < -0.3 is 14.8 Å². The van der Waals surface area contributed by atoms with Gasteiger partial charge in [-0.25, -0.2) is 4.79 Å². The summed E-state index contributed by atoms with van der Waals surface area (Å²) in [6, 6.07) is 0. The predicted molar refractivity (Wildman–Crippen MR) is 157 cm³/mol. The predicted octanol–water partition coefficient (Wildman–Crippen LogP) is 8.29. The van der Waals surface area contributed by atoms with Gasteiger partial charge in [-0.2, -0.15) is 4.57 Å². The lowest BCUT2D eigenvalue weighted by atomic mass is 10.0. The summed E-state index contributed by atoms with van der Waals surface area (Å²) in [5, 5.41) is 4.82. The minimum absolute atomic E-state index is 0.0624. The van der Waals surface area contributed by atoms with Crippen LogP contribution in [0.3, 0.4) is 0 Å². The van der Waals surface area contributed by atoms with Crippen LogP contribution in [0.25, 0.3) is 0 Å². The number of alkyl carbamates (subject to hydrolysis) is 1. The van der Waals surface area contributed by atoms with E-state index in [1.807, 2.05) is 11.6 Å². The third-order valence-corrected chi connectivity index (χ3v) is 7.39. The maximum atomic E-state index is 11.8. The highest BCUT2D eigenvalue weighted by Crippen LogP contribution is 2.13. The fourth-order valence-electron chi connectivity index (χ4n) is 4.33. The number of carbonyl (C=O) groups excluding carboxylic acids is 2. The molecule has 1 N–H and O–H groups in total. The molecule has 0 spiro atoms. The molecule has 0 saturated carbocycles. The zero-order valence-corrected chi connectivity index (χ0v) is 25.0. The summed E-state index contributed by atoms with van der Waals surface area (Å²) in [5.74, 6) is -0.241. The second-order valence-electron chi connectivity index (χ2n) is 10.4. The molecule has 218 valence electrons. The normalized spacial score (nSPS) is 10.9. The van der Waals surface area contributed by atoms with Gasteiger partial charge in [0.25, 0.3) is 0 Å². The number of esters is 1. The molecule has 0 radical (unpaired) electrons. The van der Waals surface area contributed by atoms with Crippen LogP contribution in [-0.4, -0.2) is 31.8 Å². The van der Waals surface area contributed by atoms with Crippen LogP contribution in [0.2, 0.25) is 0 Å². The zero-order chi connectivity index (χ0) is 27.5. The van der Waals surface area contributed by atoms with Crippen LogP contribution in [0.4, 0.5) is 4.79 Å². The molecule has 0 aliphatic heterocycles. The van der Waals surface area contributed by atoms with E-state index in [0.717, 1.165) is 32.2 Å². The van der Waals surface area contributed by atoms with Crippen LogP contribution in [0.15, 0.2) is 29.2 Å². The summed E-state index contributed by atoms with van der Waals surface area (Å²) in [5.41, 5.74) is 2.63. The zero-order valence-electron chi connectivity index (χ0n) is 24.2. The Hall–Kier alpha value is -1.89. The molecule has 0 aromatic carbocycles. The van der Waals surface area contributed by atoms with Gasteiger partial charge in [0.1, 0.15) is 19.8 Å². The second-order valence-corrected chi connectivity index (χ2v) is 11.2. The average Bonchev–Trinajstić information content (AvgIpc) is 3.44. The number of nitrogens with zero attached hydrogens (tertiary/aromatic N) is 1. The van der Waals surface area contributed by atoms with Crippen molar-refractivity contribution in [3.63, 3.8) is 0 Å². The standard InChI is InChI=1S/C31H54N2O4S/c1-3-4-5-6-7-8-9-10-11-12-13-14-15-16-17-19-22-32-31(35)37-27-29(2)26-36-30(34)21-18-20-23-33-24-25-38-28-33/h24-25,28H,2-23,26-27H2,1H3/p+1. The van der Waals surface area contributed by atoms with Crippen LogP contribution in [-0.2, 0) is 20.8 Å². The highest BCUT2D eigenvalue weighted by molar-refractivity contribution is 7.07. The van der Waals surface area contributed by atoms with Crippen molar-refractivity contribution in [3.8, 4) is 0 Å². The number of thiazole rings is 1. The lowest BCUT2D eigenvalue weighted by molar-refractivity contribution is -0.692. The Morgan fingerprint density at radius 1 is 0.763 bits per heavy atom. The Morgan fingerprint density at radius 2 is 1.32 bits per heavy atom. The first kappa shape index (κ1) is 34.1. The quantitative estimate of drug-likeness (QED) is 0.0544. The molecular formula is C31H55N2O4S+. The van der Waals surface area contributed by atoms with Crippen molar-refractivity contribution in [2.45, 2.75) is 135 Å². The maximum absolute atomic E-state index is 11.8. The van der Waals surface area contributed by atoms with E-state index in [9.17, 15) is 9.59 Å². The highest BCUT2D eigenvalue weighted by atomic mass is 32.1. The van der Waals surface area contributed by atoms with Gasteiger partial charge in [0, 0.05) is 19.4 Å². The first-order valence-electron chi connectivity index (χ1n) is 15.3. The van der Waals surface area contributed by atoms with Crippen molar-refractivity contribution >= 4 is 23.4 Å². The van der Waals surface area contributed by atoms with Gasteiger partial charge in [0.15, 0.2) is 6.20 Å². The average molecular weight is 552 g/mol. The van der Waals surface area contributed by atoms with E-state index in [-0.39, 0.29) is 19.2 Å². The first-order chi connectivity index (χ1) is 18.6. The molecule has 7 heteroatoms.